The number of nitrogens with zero attached hydrogens (tertiary/aromatic N) is 3. The molecule has 2 fully saturated rings. The maximum absolute atomic E-state index is 5.76. The van der Waals surface area contributed by atoms with Crippen molar-refractivity contribution in [2.45, 2.75) is 57.8 Å². The van der Waals surface area contributed by atoms with Crippen LogP contribution in [0.2, 0.25) is 0 Å². The van der Waals surface area contributed by atoms with E-state index in [9.17, 15) is 0 Å². The number of hydrogen-bond acceptors (Lipinski definition) is 6. The highest BCUT2D eigenvalue weighted by atomic mass is 16.7. The minimum Gasteiger partial charge on any atom is -0.347 e. The van der Waals surface area contributed by atoms with Gasteiger partial charge in [-0.3, -0.25) is 4.90 Å². The smallest absolute Gasteiger partial charge is 0.243 e. The molecule has 1 aromatic rings. The molecule has 1 spiro atoms. The number of likely N-dealkylation sites (tertiary alicyclic amines) is 1. The summed E-state index contributed by atoms with van der Waals surface area (Å²) in [6.45, 7) is 11.7. The van der Waals surface area contributed by atoms with Gasteiger partial charge in [-0.1, -0.05) is 25.9 Å². The summed E-state index contributed by atoms with van der Waals surface area (Å²) in [6.07, 6.45) is 1.80. The average molecular weight is 295 g/mol. The Morgan fingerprint density at radius 3 is 2.29 bits per heavy atom. The summed E-state index contributed by atoms with van der Waals surface area (Å²) in [5, 5.41) is 4.11. The molecule has 0 amide bonds. The Morgan fingerprint density at radius 2 is 1.76 bits per heavy atom. The third kappa shape index (κ3) is 2.98. The third-order valence-electron chi connectivity index (χ3n) is 4.39. The fraction of sp³-hybridized carbons (Fsp3) is 0.867. The van der Waals surface area contributed by atoms with Crippen LogP contribution in [0, 0.1) is 0 Å². The van der Waals surface area contributed by atoms with Crippen LogP contribution in [0.25, 0.3) is 0 Å². The zero-order valence-corrected chi connectivity index (χ0v) is 13.4. The lowest BCUT2D eigenvalue weighted by molar-refractivity contribution is -0.188. The van der Waals surface area contributed by atoms with Crippen LogP contribution in [-0.2, 0) is 14.9 Å². The molecule has 6 heteroatoms. The first-order valence-electron chi connectivity index (χ1n) is 7.76. The quantitative estimate of drug-likeness (QED) is 0.834. The van der Waals surface area contributed by atoms with Gasteiger partial charge < -0.3 is 14.0 Å². The molecule has 3 rings (SSSR count). The van der Waals surface area contributed by atoms with Gasteiger partial charge in [0.05, 0.1) is 19.3 Å². The first-order chi connectivity index (χ1) is 9.90. The summed E-state index contributed by atoms with van der Waals surface area (Å²) in [7, 11) is 0. The molecule has 1 atom stereocenters. The van der Waals surface area contributed by atoms with Gasteiger partial charge in [-0.2, -0.15) is 4.98 Å². The van der Waals surface area contributed by atoms with Crippen molar-refractivity contribution >= 4 is 0 Å². The molecule has 1 aromatic heterocycles. The van der Waals surface area contributed by atoms with Crippen LogP contribution in [0.1, 0.15) is 58.3 Å². The van der Waals surface area contributed by atoms with E-state index in [1.54, 1.807) is 0 Å². The van der Waals surface area contributed by atoms with Crippen molar-refractivity contribution in [3.05, 3.63) is 11.7 Å². The Morgan fingerprint density at radius 1 is 1.14 bits per heavy atom. The van der Waals surface area contributed by atoms with Gasteiger partial charge in [0, 0.05) is 31.3 Å². The van der Waals surface area contributed by atoms with Crippen molar-refractivity contribution in [3.63, 3.8) is 0 Å². The Labute approximate surface area is 125 Å². The largest absolute Gasteiger partial charge is 0.347 e. The molecule has 0 saturated carbocycles. The zero-order valence-electron chi connectivity index (χ0n) is 13.4. The van der Waals surface area contributed by atoms with E-state index in [0.717, 1.165) is 31.8 Å². The summed E-state index contributed by atoms with van der Waals surface area (Å²) in [4.78, 5) is 6.92. The summed E-state index contributed by atoms with van der Waals surface area (Å²) in [5.41, 5.74) is -0.0844. The van der Waals surface area contributed by atoms with Crippen molar-refractivity contribution in [2.24, 2.45) is 0 Å². The van der Waals surface area contributed by atoms with Crippen molar-refractivity contribution in [2.75, 3.05) is 26.3 Å². The first kappa shape index (κ1) is 14.9. The van der Waals surface area contributed by atoms with Gasteiger partial charge in [0.2, 0.25) is 5.89 Å². The fourth-order valence-corrected chi connectivity index (χ4v) is 2.90. The minimum atomic E-state index is -0.332. The SMILES string of the molecule is CC(c1nc(C(C)(C)C)no1)N1CCC2(CC1)OCCO2. The Bertz CT molecular complexity index is 479. The van der Waals surface area contributed by atoms with Crippen LogP contribution in [0.4, 0.5) is 0 Å². The molecule has 0 aromatic carbocycles. The highest BCUT2D eigenvalue weighted by Crippen LogP contribution is 2.34. The first-order valence-corrected chi connectivity index (χ1v) is 7.76. The highest BCUT2D eigenvalue weighted by molar-refractivity contribution is 5.02. The Balaban J connectivity index is 1.63. The maximum atomic E-state index is 5.76. The van der Waals surface area contributed by atoms with Gasteiger partial charge in [-0.25, -0.2) is 0 Å². The van der Waals surface area contributed by atoms with E-state index >= 15 is 0 Å². The number of rotatable bonds is 2. The summed E-state index contributed by atoms with van der Waals surface area (Å²) < 4.78 is 17.0. The van der Waals surface area contributed by atoms with Crippen molar-refractivity contribution < 1.29 is 14.0 Å². The minimum absolute atomic E-state index is 0.0844. The second-order valence-corrected chi connectivity index (χ2v) is 7.03. The molecule has 0 bridgehead atoms. The third-order valence-corrected chi connectivity index (χ3v) is 4.39. The van der Waals surface area contributed by atoms with Crippen LogP contribution in [0.3, 0.4) is 0 Å². The van der Waals surface area contributed by atoms with Gasteiger partial charge >= 0.3 is 0 Å². The highest BCUT2D eigenvalue weighted by Gasteiger charge is 2.41. The fourth-order valence-electron chi connectivity index (χ4n) is 2.90. The van der Waals surface area contributed by atoms with Crippen molar-refractivity contribution in [3.8, 4) is 0 Å². The Kier molecular flexibility index (Phi) is 3.80. The second kappa shape index (κ2) is 5.34. The van der Waals surface area contributed by atoms with Gasteiger partial charge in [0.15, 0.2) is 11.6 Å². The normalized spacial score (nSPS) is 24.6. The molecule has 21 heavy (non-hydrogen) atoms. The number of ether oxygens (including phenoxy) is 2. The molecule has 0 N–H and O–H groups in total. The van der Waals surface area contributed by atoms with E-state index in [-0.39, 0.29) is 17.2 Å². The predicted molar refractivity (Wildman–Crippen MR) is 76.9 cm³/mol. The number of hydrogen-bond donors (Lipinski definition) is 0. The summed E-state index contributed by atoms with van der Waals surface area (Å²) >= 11 is 0. The van der Waals surface area contributed by atoms with E-state index in [2.05, 4.69) is 42.7 Å². The topological polar surface area (TPSA) is 60.6 Å². The lowest BCUT2D eigenvalue weighted by Crippen LogP contribution is -2.45. The Hall–Kier alpha value is -0.980. The van der Waals surface area contributed by atoms with Crippen molar-refractivity contribution in [1.29, 1.82) is 0 Å². The summed E-state index contributed by atoms with van der Waals surface area (Å²) in [5.74, 6) is 1.13. The predicted octanol–water partition coefficient (Wildman–Crippen LogP) is 2.27. The lowest BCUT2D eigenvalue weighted by atomic mass is 9.96. The molecule has 1 unspecified atom stereocenters. The zero-order chi connectivity index (χ0) is 15.1. The molecule has 118 valence electrons. The molecular weight excluding hydrogens is 270 g/mol. The summed E-state index contributed by atoms with van der Waals surface area (Å²) in [6, 6.07) is 0.132. The molecule has 0 radical (unpaired) electrons. The molecular formula is C15H25N3O3. The van der Waals surface area contributed by atoms with Gasteiger partial charge in [0.1, 0.15) is 0 Å². The molecule has 0 aliphatic carbocycles. The van der Waals surface area contributed by atoms with Gasteiger partial charge in [-0.15, -0.1) is 0 Å². The molecule has 3 heterocycles. The van der Waals surface area contributed by atoms with Crippen LogP contribution in [0.15, 0.2) is 4.52 Å². The molecule has 2 aliphatic rings. The number of piperidine rings is 1. The lowest BCUT2D eigenvalue weighted by Gasteiger charge is -2.39. The molecule has 2 saturated heterocycles. The van der Waals surface area contributed by atoms with Crippen LogP contribution in [-0.4, -0.2) is 47.1 Å². The monoisotopic (exact) mass is 295 g/mol. The van der Waals surface area contributed by atoms with E-state index in [0.29, 0.717) is 19.1 Å². The number of aromatic nitrogens is 2. The van der Waals surface area contributed by atoms with Crippen molar-refractivity contribution in [1.82, 2.24) is 15.0 Å². The average Bonchev–Trinajstić information content (AvgIpc) is 3.08. The van der Waals surface area contributed by atoms with Crippen LogP contribution < -0.4 is 0 Å². The standard InChI is InChI=1S/C15H25N3O3/c1-11(12-16-13(17-21-12)14(2,3)4)18-7-5-15(6-8-18)19-9-10-20-15/h11H,5-10H2,1-4H3. The van der Waals surface area contributed by atoms with E-state index in [4.69, 9.17) is 14.0 Å². The van der Waals surface area contributed by atoms with E-state index < -0.39 is 0 Å². The second-order valence-electron chi connectivity index (χ2n) is 7.03. The molecule has 6 nitrogen and oxygen atoms in total. The maximum Gasteiger partial charge on any atom is 0.243 e. The van der Waals surface area contributed by atoms with E-state index in [1.165, 1.54) is 0 Å². The van der Waals surface area contributed by atoms with Crippen LogP contribution >= 0.6 is 0 Å². The van der Waals surface area contributed by atoms with Gasteiger partial charge in [0.25, 0.3) is 0 Å². The van der Waals surface area contributed by atoms with E-state index in [1.807, 2.05) is 0 Å². The molecule has 2 aliphatic heterocycles. The van der Waals surface area contributed by atoms with Crippen LogP contribution in [0.5, 0.6) is 0 Å². The van der Waals surface area contributed by atoms with Gasteiger partial charge in [-0.05, 0) is 6.92 Å².